The van der Waals surface area contributed by atoms with E-state index in [-0.39, 0.29) is 0 Å². The number of methoxy groups -OCH3 is 1. The molecule has 0 saturated carbocycles. The zero-order chi connectivity index (χ0) is 11.1. The Morgan fingerprint density at radius 3 is 2.40 bits per heavy atom. The molecule has 1 aromatic rings. The van der Waals surface area contributed by atoms with Gasteiger partial charge in [0.2, 0.25) is 0 Å². The average molecular weight is 208 g/mol. The maximum absolute atomic E-state index is 5.09. The van der Waals surface area contributed by atoms with E-state index in [1.807, 2.05) is 24.3 Å². The summed E-state index contributed by atoms with van der Waals surface area (Å²) in [6.07, 6.45) is 1.15. The predicted molar refractivity (Wildman–Crippen MR) is 64.7 cm³/mol. The number of rotatable bonds is 6. The van der Waals surface area contributed by atoms with E-state index in [0.717, 1.165) is 30.9 Å². The molecule has 0 radical (unpaired) electrons. The monoisotopic (exact) mass is 208 g/mol. The Kier molecular flexibility index (Phi) is 4.98. The van der Waals surface area contributed by atoms with E-state index in [2.05, 4.69) is 24.3 Å². The first-order chi connectivity index (χ1) is 7.22. The van der Waals surface area contributed by atoms with Gasteiger partial charge in [-0.15, -0.1) is 0 Å². The van der Waals surface area contributed by atoms with Gasteiger partial charge in [0, 0.05) is 12.2 Å². The first-order valence-electron chi connectivity index (χ1n) is 5.25. The Morgan fingerprint density at radius 2 is 1.87 bits per heavy atom. The lowest BCUT2D eigenvalue weighted by Gasteiger charge is -2.10. The van der Waals surface area contributed by atoms with Crippen molar-refractivity contribution in [3.05, 3.63) is 24.3 Å². The van der Waals surface area contributed by atoms with Crippen LogP contribution in [0.5, 0.6) is 5.75 Å². The van der Waals surface area contributed by atoms with Crippen LogP contribution in [0, 0.1) is 0 Å². The molecule has 0 aliphatic rings. The van der Waals surface area contributed by atoms with Crippen molar-refractivity contribution < 1.29 is 4.74 Å². The van der Waals surface area contributed by atoms with Crippen molar-refractivity contribution in [2.75, 3.05) is 39.6 Å². The van der Waals surface area contributed by atoms with Gasteiger partial charge in [-0.2, -0.15) is 0 Å². The fourth-order valence-corrected chi connectivity index (χ4v) is 1.34. The number of benzene rings is 1. The second kappa shape index (κ2) is 6.30. The average Bonchev–Trinajstić information content (AvgIpc) is 2.25. The molecule has 0 spiro atoms. The molecule has 3 nitrogen and oxygen atoms in total. The molecule has 0 unspecified atom stereocenters. The summed E-state index contributed by atoms with van der Waals surface area (Å²) < 4.78 is 5.09. The molecule has 15 heavy (non-hydrogen) atoms. The van der Waals surface area contributed by atoms with Crippen LogP contribution >= 0.6 is 0 Å². The van der Waals surface area contributed by atoms with E-state index in [0.29, 0.717) is 0 Å². The number of hydrogen-bond donors (Lipinski definition) is 1. The van der Waals surface area contributed by atoms with Crippen LogP contribution in [0.25, 0.3) is 0 Å². The van der Waals surface area contributed by atoms with Gasteiger partial charge in [-0.1, -0.05) is 0 Å². The highest BCUT2D eigenvalue weighted by atomic mass is 16.5. The molecule has 0 heterocycles. The van der Waals surface area contributed by atoms with Crippen LogP contribution in [0.1, 0.15) is 6.42 Å². The summed E-state index contributed by atoms with van der Waals surface area (Å²) in [5.74, 6) is 0.897. The van der Waals surface area contributed by atoms with Crippen LogP contribution in [0.15, 0.2) is 24.3 Å². The fourth-order valence-electron chi connectivity index (χ4n) is 1.34. The van der Waals surface area contributed by atoms with Crippen molar-refractivity contribution in [3.8, 4) is 5.75 Å². The van der Waals surface area contributed by atoms with E-state index in [1.54, 1.807) is 7.11 Å². The van der Waals surface area contributed by atoms with Crippen molar-refractivity contribution in [2.24, 2.45) is 0 Å². The lowest BCUT2D eigenvalue weighted by molar-refractivity contribution is 0.405. The molecular formula is C12H20N2O. The van der Waals surface area contributed by atoms with Gasteiger partial charge in [-0.05, 0) is 51.3 Å². The topological polar surface area (TPSA) is 24.5 Å². The fraction of sp³-hybridized carbons (Fsp3) is 0.500. The third-order valence-corrected chi connectivity index (χ3v) is 2.20. The van der Waals surface area contributed by atoms with Crippen molar-refractivity contribution >= 4 is 5.69 Å². The summed E-state index contributed by atoms with van der Waals surface area (Å²) in [6.45, 7) is 2.12. The van der Waals surface area contributed by atoms with Crippen LogP contribution in [0.4, 0.5) is 5.69 Å². The smallest absolute Gasteiger partial charge is 0.119 e. The number of anilines is 1. The van der Waals surface area contributed by atoms with Gasteiger partial charge < -0.3 is 15.0 Å². The Bertz CT molecular complexity index is 269. The second-order valence-corrected chi connectivity index (χ2v) is 3.81. The van der Waals surface area contributed by atoms with Gasteiger partial charge in [0.25, 0.3) is 0 Å². The van der Waals surface area contributed by atoms with E-state index in [9.17, 15) is 0 Å². The third kappa shape index (κ3) is 4.70. The number of hydrogen-bond acceptors (Lipinski definition) is 3. The molecule has 1 N–H and O–H groups in total. The van der Waals surface area contributed by atoms with E-state index >= 15 is 0 Å². The summed E-state index contributed by atoms with van der Waals surface area (Å²) >= 11 is 0. The predicted octanol–water partition coefficient (Wildman–Crippen LogP) is 2.06. The first-order valence-corrected chi connectivity index (χ1v) is 5.25. The maximum Gasteiger partial charge on any atom is 0.119 e. The summed E-state index contributed by atoms with van der Waals surface area (Å²) in [6, 6.07) is 8.01. The summed E-state index contributed by atoms with van der Waals surface area (Å²) in [7, 11) is 5.86. The Morgan fingerprint density at radius 1 is 1.20 bits per heavy atom. The zero-order valence-electron chi connectivity index (χ0n) is 9.79. The van der Waals surface area contributed by atoms with Gasteiger partial charge in [-0.25, -0.2) is 0 Å². The maximum atomic E-state index is 5.09. The minimum Gasteiger partial charge on any atom is -0.497 e. The van der Waals surface area contributed by atoms with Crippen LogP contribution in [-0.2, 0) is 0 Å². The SMILES string of the molecule is COc1ccc(NCCCN(C)C)cc1. The van der Waals surface area contributed by atoms with Crippen LogP contribution in [0.3, 0.4) is 0 Å². The van der Waals surface area contributed by atoms with E-state index in [4.69, 9.17) is 4.74 Å². The van der Waals surface area contributed by atoms with E-state index < -0.39 is 0 Å². The Balaban J connectivity index is 2.25. The van der Waals surface area contributed by atoms with Gasteiger partial charge in [-0.3, -0.25) is 0 Å². The molecule has 0 aromatic heterocycles. The molecule has 0 atom stereocenters. The van der Waals surface area contributed by atoms with Crippen LogP contribution in [0.2, 0.25) is 0 Å². The molecule has 1 rings (SSSR count). The molecule has 0 fully saturated rings. The van der Waals surface area contributed by atoms with Crippen molar-refractivity contribution in [1.29, 1.82) is 0 Å². The van der Waals surface area contributed by atoms with Gasteiger partial charge in [0.1, 0.15) is 5.75 Å². The largest absolute Gasteiger partial charge is 0.497 e. The molecule has 1 aromatic carbocycles. The van der Waals surface area contributed by atoms with Crippen molar-refractivity contribution in [2.45, 2.75) is 6.42 Å². The molecule has 3 heteroatoms. The molecule has 0 saturated heterocycles. The summed E-state index contributed by atoms with van der Waals surface area (Å²) in [4.78, 5) is 2.19. The summed E-state index contributed by atoms with van der Waals surface area (Å²) in [5.41, 5.74) is 1.15. The lowest BCUT2D eigenvalue weighted by atomic mass is 10.3. The lowest BCUT2D eigenvalue weighted by Crippen LogP contribution is -2.16. The normalized spacial score (nSPS) is 10.4. The van der Waals surface area contributed by atoms with Crippen LogP contribution < -0.4 is 10.1 Å². The van der Waals surface area contributed by atoms with Crippen LogP contribution in [-0.4, -0.2) is 39.2 Å². The second-order valence-electron chi connectivity index (χ2n) is 3.81. The highest BCUT2D eigenvalue weighted by Crippen LogP contribution is 2.14. The highest BCUT2D eigenvalue weighted by Gasteiger charge is 1.94. The molecule has 0 aliphatic carbocycles. The van der Waals surface area contributed by atoms with E-state index in [1.165, 1.54) is 0 Å². The Hall–Kier alpha value is -1.22. The number of nitrogens with zero attached hydrogens (tertiary/aromatic N) is 1. The molecule has 0 amide bonds. The van der Waals surface area contributed by atoms with Gasteiger partial charge in [0.05, 0.1) is 7.11 Å². The summed E-state index contributed by atoms with van der Waals surface area (Å²) in [5, 5.41) is 3.37. The first kappa shape index (κ1) is 11.9. The number of nitrogens with one attached hydrogen (secondary N) is 1. The number of ether oxygens (including phenoxy) is 1. The quantitative estimate of drug-likeness (QED) is 0.724. The minimum absolute atomic E-state index is 0.897. The standard InChI is InChI=1S/C12H20N2O/c1-14(2)10-4-9-13-11-5-7-12(15-3)8-6-11/h5-8,13H,4,9-10H2,1-3H3. The highest BCUT2D eigenvalue weighted by molar-refractivity contribution is 5.46. The Labute approximate surface area is 92.0 Å². The van der Waals surface area contributed by atoms with Crippen molar-refractivity contribution in [1.82, 2.24) is 4.90 Å². The van der Waals surface area contributed by atoms with Gasteiger partial charge in [0.15, 0.2) is 0 Å². The molecule has 0 aliphatic heterocycles. The minimum atomic E-state index is 0.897. The molecule has 0 bridgehead atoms. The van der Waals surface area contributed by atoms with Crippen molar-refractivity contribution in [3.63, 3.8) is 0 Å². The molecule has 84 valence electrons. The van der Waals surface area contributed by atoms with Gasteiger partial charge >= 0.3 is 0 Å². The third-order valence-electron chi connectivity index (χ3n) is 2.20. The molecular weight excluding hydrogens is 188 g/mol. The zero-order valence-corrected chi connectivity index (χ0v) is 9.79.